The predicted molar refractivity (Wildman–Crippen MR) is 58.3 cm³/mol. The van der Waals surface area contributed by atoms with E-state index in [1.807, 2.05) is 4.90 Å². The molecule has 3 heteroatoms. The third-order valence-electron chi connectivity index (χ3n) is 3.80. The second-order valence-corrected chi connectivity index (χ2v) is 5.04. The van der Waals surface area contributed by atoms with Crippen molar-refractivity contribution >= 4 is 5.91 Å². The second kappa shape index (κ2) is 4.52. The van der Waals surface area contributed by atoms with E-state index in [0.717, 1.165) is 32.2 Å². The Morgan fingerprint density at radius 2 is 2.13 bits per heavy atom. The van der Waals surface area contributed by atoms with Crippen LogP contribution in [0.3, 0.4) is 0 Å². The highest BCUT2D eigenvalue weighted by molar-refractivity contribution is 5.82. The summed E-state index contributed by atoms with van der Waals surface area (Å²) in [4.78, 5) is 14.1. The van der Waals surface area contributed by atoms with E-state index in [0.29, 0.717) is 11.8 Å². The minimum Gasteiger partial charge on any atom is -0.394 e. The molecular formula is C12H21NO2. The molecule has 1 amide bonds. The average molecular weight is 211 g/mol. The molecule has 0 radical (unpaired) electrons. The summed E-state index contributed by atoms with van der Waals surface area (Å²) in [5.41, 5.74) is 0. The first-order valence-corrected chi connectivity index (χ1v) is 6.15. The van der Waals surface area contributed by atoms with Crippen molar-refractivity contribution in [2.24, 2.45) is 11.8 Å². The fourth-order valence-corrected chi connectivity index (χ4v) is 2.54. The summed E-state index contributed by atoms with van der Waals surface area (Å²) in [6.45, 7) is 3.12. The van der Waals surface area contributed by atoms with Crippen molar-refractivity contribution in [1.29, 1.82) is 0 Å². The zero-order chi connectivity index (χ0) is 10.8. The number of aliphatic hydroxyl groups is 1. The maximum atomic E-state index is 12.1. The van der Waals surface area contributed by atoms with Crippen LogP contribution in [-0.4, -0.2) is 35.1 Å². The lowest BCUT2D eigenvalue weighted by Gasteiger charge is -2.28. The van der Waals surface area contributed by atoms with Gasteiger partial charge in [-0.3, -0.25) is 4.79 Å². The molecule has 0 bridgehead atoms. The molecule has 0 aromatic rings. The highest BCUT2D eigenvalue weighted by Gasteiger charge is 2.42. The maximum absolute atomic E-state index is 12.1. The summed E-state index contributed by atoms with van der Waals surface area (Å²) in [7, 11) is 0. The average Bonchev–Trinajstić information content (AvgIpc) is 2.99. The van der Waals surface area contributed by atoms with Crippen LogP contribution in [0.4, 0.5) is 0 Å². The van der Waals surface area contributed by atoms with Gasteiger partial charge in [0.2, 0.25) is 5.91 Å². The number of rotatable bonds is 2. The Balaban J connectivity index is 1.99. The monoisotopic (exact) mass is 211 g/mol. The number of likely N-dealkylation sites (tertiary alicyclic amines) is 1. The molecule has 86 valence electrons. The molecule has 15 heavy (non-hydrogen) atoms. The van der Waals surface area contributed by atoms with Crippen LogP contribution in [0.5, 0.6) is 0 Å². The van der Waals surface area contributed by atoms with Crippen molar-refractivity contribution < 1.29 is 9.90 Å². The SMILES string of the molecule is CC1CC1C(=O)N1CCCCCC1CO. The molecule has 2 aliphatic rings. The molecule has 0 aromatic heterocycles. The second-order valence-electron chi connectivity index (χ2n) is 5.04. The smallest absolute Gasteiger partial charge is 0.226 e. The van der Waals surface area contributed by atoms with Gasteiger partial charge in [-0.05, 0) is 25.2 Å². The minimum atomic E-state index is 0.0906. The maximum Gasteiger partial charge on any atom is 0.226 e. The third-order valence-corrected chi connectivity index (χ3v) is 3.80. The van der Waals surface area contributed by atoms with E-state index in [4.69, 9.17) is 0 Å². The van der Waals surface area contributed by atoms with E-state index >= 15 is 0 Å². The Morgan fingerprint density at radius 3 is 2.73 bits per heavy atom. The molecule has 1 saturated carbocycles. The van der Waals surface area contributed by atoms with E-state index in [-0.39, 0.29) is 18.6 Å². The third kappa shape index (κ3) is 2.33. The first-order valence-electron chi connectivity index (χ1n) is 6.15. The molecule has 1 aliphatic carbocycles. The zero-order valence-electron chi connectivity index (χ0n) is 9.48. The molecular weight excluding hydrogens is 190 g/mol. The van der Waals surface area contributed by atoms with Gasteiger partial charge in [-0.15, -0.1) is 0 Å². The van der Waals surface area contributed by atoms with Gasteiger partial charge >= 0.3 is 0 Å². The van der Waals surface area contributed by atoms with Gasteiger partial charge in [-0.1, -0.05) is 19.8 Å². The highest BCUT2D eigenvalue weighted by Crippen LogP contribution is 2.40. The normalized spacial score (nSPS) is 36.1. The van der Waals surface area contributed by atoms with Crippen LogP contribution >= 0.6 is 0 Å². The Hall–Kier alpha value is -0.570. The molecule has 2 rings (SSSR count). The van der Waals surface area contributed by atoms with Crippen molar-refractivity contribution in [3.05, 3.63) is 0 Å². The highest BCUT2D eigenvalue weighted by atomic mass is 16.3. The van der Waals surface area contributed by atoms with Crippen LogP contribution in [0.2, 0.25) is 0 Å². The standard InChI is InChI=1S/C12H21NO2/c1-9-7-11(9)12(15)13-6-4-2-3-5-10(13)8-14/h9-11,14H,2-8H2,1H3. The molecule has 0 spiro atoms. The fourth-order valence-electron chi connectivity index (χ4n) is 2.54. The van der Waals surface area contributed by atoms with E-state index in [1.165, 1.54) is 6.42 Å². The Morgan fingerprint density at radius 1 is 1.40 bits per heavy atom. The molecule has 1 N–H and O–H groups in total. The van der Waals surface area contributed by atoms with Gasteiger partial charge in [-0.25, -0.2) is 0 Å². The number of amides is 1. The van der Waals surface area contributed by atoms with E-state index in [9.17, 15) is 9.90 Å². The van der Waals surface area contributed by atoms with E-state index in [1.54, 1.807) is 0 Å². The quantitative estimate of drug-likeness (QED) is 0.750. The molecule has 2 fully saturated rings. The lowest BCUT2D eigenvalue weighted by atomic mass is 10.1. The number of aliphatic hydroxyl groups excluding tert-OH is 1. The topological polar surface area (TPSA) is 40.5 Å². The number of carbonyl (C=O) groups is 1. The van der Waals surface area contributed by atoms with Gasteiger partial charge < -0.3 is 10.0 Å². The van der Waals surface area contributed by atoms with Crippen LogP contribution in [0.25, 0.3) is 0 Å². The van der Waals surface area contributed by atoms with Crippen LogP contribution in [0.1, 0.15) is 39.0 Å². The summed E-state index contributed by atoms with van der Waals surface area (Å²) in [5, 5.41) is 9.31. The number of nitrogens with zero attached hydrogens (tertiary/aromatic N) is 1. The van der Waals surface area contributed by atoms with Gasteiger partial charge in [0.15, 0.2) is 0 Å². The first-order chi connectivity index (χ1) is 7.24. The van der Waals surface area contributed by atoms with E-state index in [2.05, 4.69) is 6.92 Å². The summed E-state index contributed by atoms with van der Waals surface area (Å²) < 4.78 is 0. The van der Waals surface area contributed by atoms with Crippen molar-refractivity contribution in [2.75, 3.05) is 13.2 Å². The van der Waals surface area contributed by atoms with Crippen LogP contribution in [0.15, 0.2) is 0 Å². The van der Waals surface area contributed by atoms with Crippen LogP contribution in [0, 0.1) is 11.8 Å². The lowest BCUT2D eigenvalue weighted by molar-refractivity contribution is -0.136. The molecule has 1 heterocycles. The lowest BCUT2D eigenvalue weighted by Crippen LogP contribution is -2.43. The molecule has 3 unspecified atom stereocenters. The Bertz CT molecular complexity index is 242. The van der Waals surface area contributed by atoms with Crippen molar-refractivity contribution in [3.8, 4) is 0 Å². The van der Waals surface area contributed by atoms with Gasteiger partial charge in [0.25, 0.3) is 0 Å². The molecule has 1 saturated heterocycles. The van der Waals surface area contributed by atoms with Gasteiger partial charge in [-0.2, -0.15) is 0 Å². The Kier molecular flexibility index (Phi) is 3.29. The first kappa shape index (κ1) is 10.9. The van der Waals surface area contributed by atoms with Crippen molar-refractivity contribution in [2.45, 2.75) is 45.1 Å². The summed E-state index contributed by atoms with van der Waals surface area (Å²) in [6, 6.07) is 0.0906. The number of hydrogen-bond donors (Lipinski definition) is 1. The molecule has 3 nitrogen and oxygen atoms in total. The summed E-state index contributed by atoms with van der Waals surface area (Å²) in [5.74, 6) is 1.13. The summed E-state index contributed by atoms with van der Waals surface area (Å²) in [6.07, 6.45) is 5.47. The number of carbonyl (C=O) groups excluding carboxylic acids is 1. The van der Waals surface area contributed by atoms with Crippen molar-refractivity contribution in [3.63, 3.8) is 0 Å². The molecule has 0 aromatic carbocycles. The van der Waals surface area contributed by atoms with Gasteiger partial charge in [0.1, 0.15) is 0 Å². The van der Waals surface area contributed by atoms with Crippen molar-refractivity contribution in [1.82, 2.24) is 4.90 Å². The number of hydrogen-bond acceptors (Lipinski definition) is 2. The minimum absolute atomic E-state index is 0.0906. The summed E-state index contributed by atoms with van der Waals surface area (Å²) >= 11 is 0. The molecule has 3 atom stereocenters. The van der Waals surface area contributed by atoms with E-state index < -0.39 is 0 Å². The van der Waals surface area contributed by atoms with Crippen LogP contribution < -0.4 is 0 Å². The zero-order valence-corrected chi connectivity index (χ0v) is 9.48. The fraction of sp³-hybridized carbons (Fsp3) is 0.917. The van der Waals surface area contributed by atoms with Gasteiger partial charge in [0.05, 0.1) is 12.6 Å². The van der Waals surface area contributed by atoms with Gasteiger partial charge in [0, 0.05) is 12.5 Å². The molecule has 1 aliphatic heterocycles. The largest absolute Gasteiger partial charge is 0.394 e. The van der Waals surface area contributed by atoms with Crippen LogP contribution in [-0.2, 0) is 4.79 Å². The Labute approximate surface area is 91.5 Å². The predicted octanol–water partition coefficient (Wildman–Crippen LogP) is 1.41.